The molecule has 0 aromatic carbocycles. The maximum atomic E-state index is 12.0. The summed E-state index contributed by atoms with van der Waals surface area (Å²) in [5.74, 6) is 0.0733. The van der Waals surface area contributed by atoms with Gasteiger partial charge in [0, 0.05) is 25.7 Å². The number of rotatable bonds is 3. The first kappa shape index (κ1) is 13.1. The van der Waals surface area contributed by atoms with Gasteiger partial charge in [0.1, 0.15) is 6.54 Å². The highest BCUT2D eigenvalue weighted by atomic mass is 79.9. The first-order chi connectivity index (χ1) is 8.60. The van der Waals surface area contributed by atoms with Gasteiger partial charge >= 0.3 is 0 Å². The van der Waals surface area contributed by atoms with Crippen LogP contribution < -0.4 is 0 Å². The van der Waals surface area contributed by atoms with Gasteiger partial charge in [-0.2, -0.15) is 5.10 Å². The molecule has 0 aliphatic carbocycles. The van der Waals surface area contributed by atoms with Gasteiger partial charge in [0.2, 0.25) is 11.8 Å². The van der Waals surface area contributed by atoms with E-state index in [-0.39, 0.29) is 18.4 Å². The van der Waals surface area contributed by atoms with Crippen molar-refractivity contribution in [3.63, 3.8) is 0 Å². The highest BCUT2D eigenvalue weighted by Gasteiger charge is 2.26. The lowest BCUT2D eigenvalue weighted by Crippen LogP contribution is -2.35. The second-order valence-electron chi connectivity index (χ2n) is 4.17. The molecule has 0 radical (unpaired) electrons. The molecule has 2 heterocycles. The van der Waals surface area contributed by atoms with Crippen LogP contribution in [0.1, 0.15) is 13.3 Å². The van der Waals surface area contributed by atoms with E-state index in [2.05, 4.69) is 21.0 Å². The molecule has 1 fully saturated rings. The SMILES string of the molecule is CCC(=O)N1CCN(C(=O)Cn2cc(Br)cn2)C1. The standard InChI is InChI=1S/C11H15BrN4O2/c1-2-10(17)14-3-4-15(8-14)11(18)7-16-6-9(12)5-13-16/h5-6H,2-4,7-8H2,1H3. The van der Waals surface area contributed by atoms with Gasteiger partial charge in [-0.05, 0) is 15.9 Å². The lowest BCUT2D eigenvalue weighted by Gasteiger charge is -2.17. The predicted octanol–water partition coefficient (Wildman–Crippen LogP) is 0.684. The molecule has 6 nitrogen and oxygen atoms in total. The van der Waals surface area contributed by atoms with E-state index in [4.69, 9.17) is 0 Å². The summed E-state index contributed by atoms with van der Waals surface area (Å²) in [6.07, 6.45) is 3.88. The average Bonchev–Trinajstić information content (AvgIpc) is 2.97. The van der Waals surface area contributed by atoms with Crippen molar-refractivity contribution < 1.29 is 9.59 Å². The lowest BCUT2D eigenvalue weighted by molar-refractivity contribution is -0.134. The number of amides is 2. The third kappa shape index (κ3) is 2.90. The van der Waals surface area contributed by atoms with Gasteiger partial charge in [-0.1, -0.05) is 6.92 Å². The first-order valence-corrected chi connectivity index (χ1v) is 6.63. The van der Waals surface area contributed by atoms with Crippen LogP contribution in [0.15, 0.2) is 16.9 Å². The van der Waals surface area contributed by atoms with E-state index >= 15 is 0 Å². The van der Waals surface area contributed by atoms with Gasteiger partial charge in [0.15, 0.2) is 0 Å². The van der Waals surface area contributed by atoms with Gasteiger partial charge in [-0.25, -0.2) is 0 Å². The molecular weight excluding hydrogens is 300 g/mol. The molecule has 2 rings (SSSR count). The fraction of sp³-hybridized carbons (Fsp3) is 0.545. The molecule has 1 aromatic heterocycles. The summed E-state index contributed by atoms with van der Waals surface area (Å²) in [5, 5.41) is 4.04. The number of hydrogen-bond acceptors (Lipinski definition) is 3. The molecule has 18 heavy (non-hydrogen) atoms. The molecule has 7 heteroatoms. The minimum absolute atomic E-state index is 0.0167. The van der Waals surface area contributed by atoms with Gasteiger partial charge in [-0.15, -0.1) is 0 Å². The maximum Gasteiger partial charge on any atom is 0.245 e. The Morgan fingerprint density at radius 2 is 2.00 bits per heavy atom. The molecule has 0 saturated carbocycles. The highest BCUT2D eigenvalue weighted by molar-refractivity contribution is 9.10. The van der Waals surface area contributed by atoms with Crippen LogP contribution in [0.2, 0.25) is 0 Å². The van der Waals surface area contributed by atoms with E-state index in [1.54, 1.807) is 26.9 Å². The quantitative estimate of drug-likeness (QED) is 0.824. The maximum absolute atomic E-state index is 12.0. The van der Waals surface area contributed by atoms with E-state index < -0.39 is 0 Å². The minimum Gasteiger partial charge on any atom is -0.323 e. The number of carbonyl (C=O) groups is 2. The molecule has 0 spiro atoms. The summed E-state index contributed by atoms with van der Waals surface area (Å²) < 4.78 is 2.43. The van der Waals surface area contributed by atoms with Crippen LogP contribution in [0.3, 0.4) is 0 Å². The van der Waals surface area contributed by atoms with Crippen LogP contribution in [0.25, 0.3) is 0 Å². The van der Waals surface area contributed by atoms with Gasteiger partial charge < -0.3 is 9.80 Å². The molecule has 2 amide bonds. The summed E-state index contributed by atoms with van der Waals surface area (Å²) >= 11 is 3.28. The van der Waals surface area contributed by atoms with Crippen molar-refractivity contribution in [1.82, 2.24) is 19.6 Å². The van der Waals surface area contributed by atoms with E-state index in [0.29, 0.717) is 26.2 Å². The Labute approximate surface area is 114 Å². The highest BCUT2D eigenvalue weighted by Crippen LogP contribution is 2.09. The Kier molecular flexibility index (Phi) is 4.00. The van der Waals surface area contributed by atoms with E-state index in [1.165, 1.54) is 0 Å². The number of carbonyl (C=O) groups excluding carboxylic acids is 2. The summed E-state index contributed by atoms with van der Waals surface area (Å²) in [7, 11) is 0. The Balaban J connectivity index is 1.89. The van der Waals surface area contributed by atoms with Gasteiger partial charge in [-0.3, -0.25) is 14.3 Å². The number of nitrogens with zero attached hydrogens (tertiary/aromatic N) is 4. The van der Waals surface area contributed by atoms with E-state index in [1.807, 2.05) is 6.92 Å². The van der Waals surface area contributed by atoms with Crippen molar-refractivity contribution in [3.8, 4) is 0 Å². The Morgan fingerprint density at radius 3 is 2.56 bits per heavy atom. The monoisotopic (exact) mass is 314 g/mol. The van der Waals surface area contributed by atoms with Crippen molar-refractivity contribution in [2.75, 3.05) is 19.8 Å². The van der Waals surface area contributed by atoms with Crippen LogP contribution >= 0.6 is 15.9 Å². The molecular formula is C11H15BrN4O2. The van der Waals surface area contributed by atoms with Gasteiger partial charge in [0.05, 0.1) is 17.3 Å². The second-order valence-corrected chi connectivity index (χ2v) is 5.08. The van der Waals surface area contributed by atoms with E-state index in [9.17, 15) is 9.59 Å². The minimum atomic E-state index is -0.0167. The average molecular weight is 315 g/mol. The molecule has 0 bridgehead atoms. The largest absolute Gasteiger partial charge is 0.323 e. The smallest absolute Gasteiger partial charge is 0.245 e. The molecule has 0 atom stereocenters. The Bertz CT molecular complexity index is 460. The molecule has 0 unspecified atom stereocenters. The van der Waals surface area contributed by atoms with Crippen molar-refractivity contribution in [3.05, 3.63) is 16.9 Å². The predicted molar refractivity (Wildman–Crippen MR) is 68.5 cm³/mol. The van der Waals surface area contributed by atoms with Crippen molar-refractivity contribution in [2.24, 2.45) is 0 Å². The first-order valence-electron chi connectivity index (χ1n) is 5.83. The van der Waals surface area contributed by atoms with Crippen molar-refractivity contribution in [2.45, 2.75) is 19.9 Å². The van der Waals surface area contributed by atoms with Crippen LogP contribution in [0.4, 0.5) is 0 Å². The number of hydrogen-bond donors (Lipinski definition) is 0. The summed E-state index contributed by atoms with van der Waals surface area (Å²) in [5.41, 5.74) is 0. The molecule has 98 valence electrons. The lowest BCUT2D eigenvalue weighted by atomic mass is 10.4. The molecule has 0 N–H and O–H groups in total. The van der Waals surface area contributed by atoms with Crippen LogP contribution in [0, 0.1) is 0 Å². The molecule has 1 aliphatic heterocycles. The number of halogens is 1. The van der Waals surface area contributed by atoms with E-state index in [0.717, 1.165) is 4.47 Å². The third-order valence-electron chi connectivity index (χ3n) is 2.89. The van der Waals surface area contributed by atoms with Crippen molar-refractivity contribution in [1.29, 1.82) is 0 Å². The van der Waals surface area contributed by atoms with Crippen LogP contribution in [-0.4, -0.2) is 51.2 Å². The normalized spacial score (nSPS) is 15.2. The summed E-state index contributed by atoms with van der Waals surface area (Å²) in [6, 6.07) is 0. The zero-order chi connectivity index (χ0) is 13.1. The summed E-state index contributed by atoms with van der Waals surface area (Å²) in [4.78, 5) is 26.9. The van der Waals surface area contributed by atoms with Crippen LogP contribution in [0.5, 0.6) is 0 Å². The van der Waals surface area contributed by atoms with Gasteiger partial charge in [0.25, 0.3) is 0 Å². The zero-order valence-electron chi connectivity index (χ0n) is 10.2. The van der Waals surface area contributed by atoms with Crippen LogP contribution in [-0.2, 0) is 16.1 Å². The fourth-order valence-electron chi connectivity index (χ4n) is 1.88. The third-order valence-corrected chi connectivity index (χ3v) is 3.30. The Hall–Kier alpha value is -1.37. The molecule has 1 aliphatic rings. The number of aromatic nitrogens is 2. The zero-order valence-corrected chi connectivity index (χ0v) is 11.8. The summed E-state index contributed by atoms with van der Waals surface area (Å²) in [6.45, 7) is 3.66. The molecule has 1 aromatic rings. The topological polar surface area (TPSA) is 58.4 Å². The fourth-order valence-corrected chi connectivity index (χ4v) is 2.21. The van der Waals surface area contributed by atoms with Crippen molar-refractivity contribution >= 4 is 27.7 Å². The second kappa shape index (κ2) is 5.51. The molecule has 1 saturated heterocycles. The Morgan fingerprint density at radius 1 is 1.33 bits per heavy atom.